The van der Waals surface area contributed by atoms with Gasteiger partial charge in [0.05, 0.1) is 7.11 Å². The molecule has 3 nitrogen and oxygen atoms in total. The van der Waals surface area contributed by atoms with E-state index in [2.05, 4.69) is 4.74 Å². The lowest BCUT2D eigenvalue weighted by atomic mass is 9.77. The summed E-state index contributed by atoms with van der Waals surface area (Å²) < 4.78 is 4.66. The monoisotopic (exact) mass is 218 g/mol. The molecule has 0 saturated heterocycles. The van der Waals surface area contributed by atoms with Gasteiger partial charge in [0.25, 0.3) is 0 Å². The molecule has 2 atom stereocenters. The van der Waals surface area contributed by atoms with Crippen molar-refractivity contribution in [3.05, 3.63) is 35.4 Å². The summed E-state index contributed by atoms with van der Waals surface area (Å²) in [7, 11) is 1.32. The molecule has 1 aromatic carbocycles. The topological polar surface area (TPSA) is 43.4 Å². The lowest BCUT2D eigenvalue weighted by Gasteiger charge is -2.26. The molecule has 1 aromatic rings. The van der Waals surface area contributed by atoms with E-state index in [4.69, 9.17) is 0 Å². The van der Waals surface area contributed by atoms with Crippen LogP contribution in [0.5, 0.6) is 0 Å². The highest BCUT2D eigenvalue weighted by Gasteiger charge is 2.36. The number of ketones is 1. The second-order valence-corrected chi connectivity index (χ2v) is 4.16. The number of hydrogen-bond acceptors (Lipinski definition) is 3. The number of methoxy groups -OCH3 is 1. The number of ether oxygens (including phenoxy) is 1. The van der Waals surface area contributed by atoms with Crippen LogP contribution in [-0.4, -0.2) is 18.9 Å². The average Bonchev–Trinajstić information content (AvgIpc) is 2.33. The Bertz CT molecular complexity index is 437. The zero-order chi connectivity index (χ0) is 11.7. The Labute approximate surface area is 94.4 Å². The molecule has 16 heavy (non-hydrogen) atoms. The molecule has 2 unspecified atom stereocenters. The highest BCUT2D eigenvalue weighted by atomic mass is 16.5. The number of benzene rings is 1. The lowest BCUT2D eigenvalue weighted by molar-refractivity contribution is -0.144. The molecular formula is C13H14O3. The molecule has 0 heterocycles. The number of hydrogen-bond donors (Lipinski definition) is 0. The molecule has 1 aliphatic rings. The molecule has 0 aromatic heterocycles. The van der Waals surface area contributed by atoms with E-state index in [0.717, 1.165) is 5.56 Å². The zero-order valence-electron chi connectivity index (χ0n) is 9.40. The smallest absolute Gasteiger partial charge is 0.316 e. The third-order valence-electron chi connectivity index (χ3n) is 3.15. The first-order valence-corrected chi connectivity index (χ1v) is 5.36. The van der Waals surface area contributed by atoms with Crippen LogP contribution in [0.2, 0.25) is 0 Å². The molecule has 0 saturated carbocycles. The first-order chi connectivity index (χ1) is 7.65. The van der Waals surface area contributed by atoms with Crippen molar-refractivity contribution in [3.63, 3.8) is 0 Å². The van der Waals surface area contributed by atoms with Crippen LogP contribution in [0.4, 0.5) is 0 Å². The summed E-state index contributed by atoms with van der Waals surface area (Å²) in [6.07, 6.45) is 0.544. The van der Waals surface area contributed by atoms with Crippen molar-refractivity contribution >= 4 is 11.8 Å². The molecule has 0 bridgehead atoms. The van der Waals surface area contributed by atoms with E-state index >= 15 is 0 Å². The summed E-state index contributed by atoms with van der Waals surface area (Å²) in [5.74, 6) is -0.945. The van der Waals surface area contributed by atoms with Gasteiger partial charge in [-0.15, -0.1) is 0 Å². The van der Waals surface area contributed by atoms with Gasteiger partial charge in [0, 0.05) is 5.56 Å². The number of fused-ring (bicyclic) bond motifs is 1. The largest absolute Gasteiger partial charge is 0.468 e. The zero-order valence-corrected chi connectivity index (χ0v) is 9.40. The van der Waals surface area contributed by atoms with Gasteiger partial charge in [0.15, 0.2) is 5.78 Å². The molecule has 0 aliphatic heterocycles. The molecule has 0 N–H and O–H groups in total. The van der Waals surface area contributed by atoms with Gasteiger partial charge in [-0.2, -0.15) is 0 Å². The molecule has 2 rings (SSSR count). The van der Waals surface area contributed by atoms with Crippen LogP contribution < -0.4 is 0 Å². The fraction of sp³-hybridized carbons (Fsp3) is 0.385. The van der Waals surface area contributed by atoms with Gasteiger partial charge in [-0.25, -0.2) is 0 Å². The number of esters is 1. The Morgan fingerprint density at radius 2 is 2.06 bits per heavy atom. The summed E-state index contributed by atoms with van der Waals surface area (Å²) in [5, 5.41) is 0. The lowest BCUT2D eigenvalue weighted by Crippen LogP contribution is -2.31. The van der Waals surface area contributed by atoms with E-state index in [1.165, 1.54) is 7.11 Å². The number of Topliss-reactive ketones (excluding diaryl/α,β-unsaturated/α-hetero) is 1. The fourth-order valence-corrected chi connectivity index (χ4v) is 2.27. The van der Waals surface area contributed by atoms with E-state index in [1.807, 2.05) is 25.1 Å². The van der Waals surface area contributed by atoms with Crippen molar-refractivity contribution in [1.29, 1.82) is 0 Å². The average molecular weight is 218 g/mol. The third-order valence-corrected chi connectivity index (χ3v) is 3.15. The number of carbonyl (C=O) groups excluding carboxylic acids is 2. The van der Waals surface area contributed by atoms with E-state index in [0.29, 0.717) is 12.0 Å². The number of carbonyl (C=O) groups is 2. The summed E-state index contributed by atoms with van der Waals surface area (Å²) in [4.78, 5) is 23.6. The number of rotatable bonds is 1. The maximum atomic E-state index is 12.1. The maximum absolute atomic E-state index is 12.1. The SMILES string of the molecule is COC(=O)C1CC(C)c2ccccc2C1=O. The minimum Gasteiger partial charge on any atom is -0.468 e. The van der Waals surface area contributed by atoms with Gasteiger partial charge >= 0.3 is 5.97 Å². The first kappa shape index (κ1) is 10.9. The van der Waals surface area contributed by atoms with Crippen molar-refractivity contribution in [2.75, 3.05) is 7.11 Å². The van der Waals surface area contributed by atoms with Crippen LogP contribution in [0.1, 0.15) is 35.2 Å². The van der Waals surface area contributed by atoms with Gasteiger partial charge in [0.1, 0.15) is 5.92 Å². The minimum absolute atomic E-state index is 0.111. The Morgan fingerprint density at radius 3 is 2.75 bits per heavy atom. The summed E-state index contributed by atoms with van der Waals surface area (Å²) in [6.45, 7) is 2.03. The van der Waals surface area contributed by atoms with Crippen LogP contribution in [0.3, 0.4) is 0 Å². The highest BCUT2D eigenvalue weighted by molar-refractivity contribution is 6.10. The third kappa shape index (κ3) is 1.62. The molecule has 0 radical (unpaired) electrons. The van der Waals surface area contributed by atoms with Crippen molar-refractivity contribution in [1.82, 2.24) is 0 Å². The predicted octanol–water partition coefficient (Wildman–Crippen LogP) is 2.17. The van der Waals surface area contributed by atoms with Gasteiger partial charge < -0.3 is 4.74 Å². The van der Waals surface area contributed by atoms with E-state index in [1.54, 1.807) is 6.07 Å². The summed E-state index contributed by atoms with van der Waals surface area (Å²) in [5.41, 5.74) is 1.70. The molecule has 1 aliphatic carbocycles. The maximum Gasteiger partial charge on any atom is 0.316 e. The van der Waals surface area contributed by atoms with Crippen LogP contribution in [-0.2, 0) is 9.53 Å². The molecular weight excluding hydrogens is 204 g/mol. The van der Waals surface area contributed by atoms with E-state index in [9.17, 15) is 9.59 Å². The van der Waals surface area contributed by atoms with E-state index < -0.39 is 11.9 Å². The van der Waals surface area contributed by atoms with Crippen molar-refractivity contribution in [3.8, 4) is 0 Å². The Hall–Kier alpha value is -1.64. The van der Waals surface area contributed by atoms with Crippen LogP contribution in [0.25, 0.3) is 0 Å². The predicted molar refractivity (Wildman–Crippen MR) is 59.3 cm³/mol. The molecule has 0 spiro atoms. The van der Waals surface area contributed by atoms with Gasteiger partial charge in [-0.1, -0.05) is 31.2 Å². The van der Waals surface area contributed by atoms with Crippen LogP contribution in [0, 0.1) is 5.92 Å². The van der Waals surface area contributed by atoms with Gasteiger partial charge in [0.2, 0.25) is 0 Å². The second-order valence-electron chi connectivity index (χ2n) is 4.16. The van der Waals surface area contributed by atoms with Crippen LogP contribution >= 0.6 is 0 Å². The molecule has 0 fully saturated rings. The first-order valence-electron chi connectivity index (χ1n) is 5.36. The normalized spacial score (nSPS) is 23.8. The van der Waals surface area contributed by atoms with E-state index in [-0.39, 0.29) is 11.7 Å². The Kier molecular flexibility index (Phi) is 2.77. The molecule has 84 valence electrons. The Balaban J connectivity index is 2.42. The molecule has 3 heteroatoms. The van der Waals surface area contributed by atoms with Crippen molar-refractivity contribution in [2.45, 2.75) is 19.3 Å². The highest BCUT2D eigenvalue weighted by Crippen LogP contribution is 2.34. The Morgan fingerprint density at radius 1 is 1.38 bits per heavy atom. The quantitative estimate of drug-likeness (QED) is 0.536. The standard InChI is InChI=1S/C13H14O3/c1-8-7-11(13(15)16-2)12(14)10-6-4-3-5-9(8)10/h3-6,8,11H,7H2,1-2H3. The summed E-state index contributed by atoms with van der Waals surface area (Å²) in [6, 6.07) is 7.47. The van der Waals surface area contributed by atoms with Crippen LogP contribution in [0.15, 0.2) is 24.3 Å². The molecule has 0 amide bonds. The van der Waals surface area contributed by atoms with Gasteiger partial charge in [-0.3, -0.25) is 9.59 Å². The van der Waals surface area contributed by atoms with Crippen molar-refractivity contribution < 1.29 is 14.3 Å². The summed E-state index contributed by atoms with van der Waals surface area (Å²) >= 11 is 0. The van der Waals surface area contributed by atoms with Crippen molar-refractivity contribution in [2.24, 2.45) is 5.92 Å². The fourth-order valence-electron chi connectivity index (χ4n) is 2.27. The van der Waals surface area contributed by atoms with Gasteiger partial charge in [-0.05, 0) is 17.9 Å². The second kappa shape index (κ2) is 4.08. The minimum atomic E-state index is -0.630.